The number of halogens is 4. The fraction of sp³-hybridized carbons (Fsp3) is 0.250. The predicted octanol–water partition coefficient (Wildman–Crippen LogP) is 2.83. The first-order valence-corrected chi connectivity index (χ1v) is 4.64. The number of nitriles is 1. The number of aromatic nitrogens is 1. The Morgan fingerprint density at radius 3 is 2.64 bits per heavy atom. The van der Waals surface area contributed by atoms with Crippen molar-refractivity contribution < 1.29 is 13.2 Å². The Labute approximate surface area is 91.9 Å². The molecule has 0 fully saturated rings. The van der Waals surface area contributed by atoms with Crippen molar-refractivity contribution >= 4 is 22.6 Å². The molecular weight excluding hydrogens is 308 g/mol. The lowest BCUT2D eigenvalue weighted by atomic mass is 10.2. The van der Waals surface area contributed by atoms with Crippen LogP contribution in [0.5, 0.6) is 0 Å². The third-order valence-electron chi connectivity index (χ3n) is 1.52. The van der Waals surface area contributed by atoms with Crippen molar-refractivity contribution in [3.05, 3.63) is 26.8 Å². The number of rotatable bonds is 2. The number of pyridine rings is 1. The van der Waals surface area contributed by atoms with Crippen LogP contribution in [0.1, 0.15) is 17.7 Å². The minimum atomic E-state index is -2.80. The summed E-state index contributed by atoms with van der Waals surface area (Å²) in [5.41, 5.74) is -0.536. The van der Waals surface area contributed by atoms with Gasteiger partial charge in [-0.15, -0.1) is 0 Å². The minimum Gasteiger partial charge on any atom is -0.218 e. The number of alkyl halides is 2. The van der Waals surface area contributed by atoms with E-state index in [-0.39, 0.29) is 12.0 Å². The quantitative estimate of drug-likeness (QED) is 0.622. The molecule has 0 aliphatic carbocycles. The second-order valence-electron chi connectivity index (χ2n) is 2.43. The zero-order valence-corrected chi connectivity index (χ0v) is 8.93. The molecule has 0 atom stereocenters. The number of nitrogens with zero attached hydrogens (tertiary/aromatic N) is 2. The largest absolute Gasteiger partial charge is 0.280 e. The SMILES string of the molecule is N#CCc1c(I)cc(C(F)F)nc1F. The molecule has 74 valence electrons. The Kier molecular flexibility index (Phi) is 3.69. The van der Waals surface area contributed by atoms with Crippen LogP contribution < -0.4 is 0 Å². The highest BCUT2D eigenvalue weighted by atomic mass is 127. The van der Waals surface area contributed by atoms with Gasteiger partial charge in [0, 0.05) is 9.13 Å². The summed E-state index contributed by atoms with van der Waals surface area (Å²) in [6, 6.07) is 2.83. The van der Waals surface area contributed by atoms with E-state index >= 15 is 0 Å². The molecule has 0 aromatic carbocycles. The smallest absolute Gasteiger partial charge is 0.218 e. The van der Waals surface area contributed by atoms with Crippen molar-refractivity contribution in [2.24, 2.45) is 0 Å². The predicted molar refractivity (Wildman–Crippen MR) is 51.2 cm³/mol. The fourth-order valence-corrected chi connectivity index (χ4v) is 1.61. The van der Waals surface area contributed by atoms with Crippen LogP contribution in [0.4, 0.5) is 13.2 Å². The summed E-state index contributed by atoms with van der Waals surface area (Å²) in [4.78, 5) is 3.08. The van der Waals surface area contributed by atoms with E-state index in [2.05, 4.69) is 4.98 Å². The van der Waals surface area contributed by atoms with E-state index in [4.69, 9.17) is 5.26 Å². The van der Waals surface area contributed by atoms with E-state index in [1.54, 1.807) is 28.7 Å². The molecule has 0 aliphatic heterocycles. The molecule has 0 radical (unpaired) electrons. The number of hydrogen-bond donors (Lipinski definition) is 0. The molecule has 0 spiro atoms. The molecule has 0 amide bonds. The van der Waals surface area contributed by atoms with Gasteiger partial charge in [-0.1, -0.05) is 0 Å². The molecule has 2 nitrogen and oxygen atoms in total. The van der Waals surface area contributed by atoms with Crippen LogP contribution in [-0.4, -0.2) is 4.98 Å². The van der Waals surface area contributed by atoms with Crippen LogP contribution in [0.2, 0.25) is 0 Å². The third kappa shape index (κ3) is 2.35. The van der Waals surface area contributed by atoms with Crippen molar-refractivity contribution in [2.75, 3.05) is 0 Å². The Hall–Kier alpha value is -0.840. The highest BCUT2D eigenvalue weighted by Crippen LogP contribution is 2.22. The topological polar surface area (TPSA) is 36.7 Å². The second kappa shape index (κ2) is 4.59. The molecule has 14 heavy (non-hydrogen) atoms. The lowest BCUT2D eigenvalue weighted by Gasteiger charge is -2.04. The maximum atomic E-state index is 13.1. The molecule has 1 rings (SSSR count). The summed E-state index contributed by atoms with van der Waals surface area (Å²) in [6.45, 7) is 0. The molecule has 0 N–H and O–H groups in total. The molecule has 0 saturated carbocycles. The van der Waals surface area contributed by atoms with Crippen molar-refractivity contribution in [2.45, 2.75) is 12.8 Å². The van der Waals surface area contributed by atoms with Crippen molar-refractivity contribution in [1.29, 1.82) is 5.26 Å². The van der Waals surface area contributed by atoms with E-state index in [1.807, 2.05) is 0 Å². The summed E-state index contributed by atoms with van der Waals surface area (Å²) < 4.78 is 37.7. The highest BCUT2D eigenvalue weighted by molar-refractivity contribution is 14.1. The molecule has 0 aliphatic rings. The van der Waals surface area contributed by atoms with E-state index < -0.39 is 18.1 Å². The van der Waals surface area contributed by atoms with Gasteiger partial charge in [-0.25, -0.2) is 13.8 Å². The molecule has 1 aromatic rings. The Morgan fingerprint density at radius 2 is 2.21 bits per heavy atom. The van der Waals surface area contributed by atoms with Crippen LogP contribution >= 0.6 is 22.6 Å². The summed E-state index contributed by atoms with van der Waals surface area (Å²) in [7, 11) is 0. The van der Waals surface area contributed by atoms with Crippen molar-refractivity contribution in [1.82, 2.24) is 4.98 Å². The van der Waals surface area contributed by atoms with Gasteiger partial charge in [0.2, 0.25) is 5.95 Å². The maximum absolute atomic E-state index is 13.1. The second-order valence-corrected chi connectivity index (χ2v) is 3.60. The minimum absolute atomic E-state index is 0.0671. The average molecular weight is 312 g/mol. The van der Waals surface area contributed by atoms with E-state index in [9.17, 15) is 13.2 Å². The highest BCUT2D eigenvalue weighted by Gasteiger charge is 2.15. The van der Waals surface area contributed by atoms with Gasteiger partial charge in [-0.05, 0) is 28.7 Å². The standard InChI is InChI=1S/C8H4F3IN2/c9-7(10)6-3-5(12)4(1-2-13)8(11)14-6/h3,7H,1H2. The van der Waals surface area contributed by atoms with Crippen molar-refractivity contribution in [3.8, 4) is 6.07 Å². The maximum Gasteiger partial charge on any atom is 0.280 e. The van der Waals surface area contributed by atoms with Gasteiger partial charge >= 0.3 is 0 Å². The first-order valence-electron chi connectivity index (χ1n) is 3.56. The van der Waals surface area contributed by atoms with Gasteiger partial charge in [0.05, 0.1) is 12.5 Å². The molecule has 0 unspecified atom stereocenters. The molecule has 6 heteroatoms. The first kappa shape index (κ1) is 11.2. The Balaban J connectivity index is 3.19. The normalized spacial score (nSPS) is 10.3. The van der Waals surface area contributed by atoms with Gasteiger partial charge in [0.15, 0.2) is 0 Å². The monoisotopic (exact) mass is 312 g/mol. The van der Waals surface area contributed by atoms with Crippen LogP contribution in [0, 0.1) is 20.8 Å². The third-order valence-corrected chi connectivity index (χ3v) is 2.48. The average Bonchev–Trinajstić information content (AvgIpc) is 2.10. The zero-order chi connectivity index (χ0) is 10.7. The van der Waals surface area contributed by atoms with Gasteiger partial charge < -0.3 is 0 Å². The Morgan fingerprint density at radius 1 is 1.57 bits per heavy atom. The van der Waals surface area contributed by atoms with E-state index in [1.165, 1.54) is 0 Å². The van der Waals surface area contributed by atoms with E-state index in [0.717, 1.165) is 6.07 Å². The van der Waals surface area contributed by atoms with Crippen molar-refractivity contribution in [3.63, 3.8) is 0 Å². The summed E-state index contributed by atoms with van der Waals surface area (Å²) in [5.74, 6) is -0.992. The molecule has 1 heterocycles. The van der Waals surface area contributed by atoms with Crippen LogP contribution in [-0.2, 0) is 6.42 Å². The molecule has 0 saturated heterocycles. The van der Waals surface area contributed by atoms with Gasteiger partial charge in [0.25, 0.3) is 6.43 Å². The molecule has 0 bridgehead atoms. The summed E-state index contributed by atoms with van der Waals surface area (Å²) in [5, 5.41) is 8.35. The van der Waals surface area contributed by atoms with Gasteiger partial charge in [0.1, 0.15) is 5.69 Å². The summed E-state index contributed by atoms with van der Waals surface area (Å²) in [6.07, 6.45) is -2.96. The van der Waals surface area contributed by atoms with Crippen LogP contribution in [0.15, 0.2) is 6.07 Å². The van der Waals surface area contributed by atoms with E-state index in [0.29, 0.717) is 3.57 Å². The first-order chi connectivity index (χ1) is 6.56. The molecule has 1 aromatic heterocycles. The van der Waals surface area contributed by atoms with Crippen LogP contribution in [0.3, 0.4) is 0 Å². The molecular formula is C8H4F3IN2. The zero-order valence-electron chi connectivity index (χ0n) is 6.77. The number of hydrogen-bond acceptors (Lipinski definition) is 2. The van der Waals surface area contributed by atoms with Crippen LogP contribution in [0.25, 0.3) is 0 Å². The lowest BCUT2D eigenvalue weighted by Crippen LogP contribution is -2.01. The Bertz CT molecular complexity index is 364. The fourth-order valence-electron chi connectivity index (χ4n) is 0.877. The summed E-state index contributed by atoms with van der Waals surface area (Å²) >= 11 is 1.70. The van der Waals surface area contributed by atoms with Gasteiger partial charge in [-0.2, -0.15) is 9.65 Å². The van der Waals surface area contributed by atoms with Gasteiger partial charge in [-0.3, -0.25) is 0 Å². The lowest BCUT2D eigenvalue weighted by molar-refractivity contribution is 0.144.